The summed E-state index contributed by atoms with van der Waals surface area (Å²) in [5, 5.41) is 13.1. The fraction of sp³-hybridized carbons (Fsp3) is 0.500. The Morgan fingerprint density at radius 3 is 3.00 bits per heavy atom. The van der Waals surface area contributed by atoms with Gasteiger partial charge >= 0.3 is 0 Å². The van der Waals surface area contributed by atoms with Crippen molar-refractivity contribution in [2.24, 2.45) is 5.92 Å². The molecule has 1 aromatic rings. The van der Waals surface area contributed by atoms with E-state index in [0.29, 0.717) is 17.7 Å². The van der Waals surface area contributed by atoms with E-state index in [4.69, 9.17) is 0 Å². The number of aromatic hydroxyl groups is 1. The number of fused-ring (bicyclic) bond motifs is 1. The van der Waals surface area contributed by atoms with Crippen LogP contribution in [-0.4, -0.2) is 11.1 Å². The van der Waals surface area contributed by atoms with Crippen LogP contribution in [0.3, 0.4) is 0 Å². The number of hydrogen-bond acceptors (Lipinski definition) is 2. The second-order valence-corrected chi connectivity index (χ2v) is 4.15. The van der Waals surface area contributed by atoms with Crippen molar-refractivity contribution in [3.63, 3.8) is 0 Å². The molecule has 0 bridgehead atoms. The summed E-state index contributed by atoms with van der Waals surface area (Å²) >= 11 is 0. The lowest BCUT2D eigenvalue weighted by Crippen LogP contribution is -2.32. The van der Waals surface area contributed by atoms with Gasteiger partial charge in [-0.25, -0.2) is 0 Å². The van der Waals surface area contributed by atoms with Crippen molar-refractivity contribution in [2.75, 3.05) is 5.32 Å². The lowest BCUT2D eigenvalue weighted by molar-refractivity contribution is 0.437. The van der Waals surface area contributed by atoms with Crippen LogP contribution in [0, 0.1) is 5.92 Å². The fourth-order valence-electron chi connectivity index (χ4n) is 2.24. The first-order chi connectivity index (χ1) is 6.72. The van der Waals surface area contributed by atoms with Gasteiger partial charge in [-0.3, -0.25) is 0 Å². The third-order valence-electron chi connectivity index (χ3n) is 3.13. The predicted molar refractivity (Wildman–Crippen MR) is 58.7 cm³/mol. The maximum atomic E-state index is 9.69. The summed E-state index contributed by atoms with van der Waals surface area (Å²) in [6.07, 6.45) is 2.17. The van der Waals surface area contributed by atoms with Crippen molar-refractivity contribution >= 4 is 5.69 Å². The number of nitrogens with one attached hydrogen (secondary N) is 1. The third kappa shape index (κ3) is 1.45. The SMILES string of the molecule is CC[C@H]1Nc2c(O)cccc2C[C@H]1C. The standard InChI is InChI=1S/C12H17NO/c1-3-10-8(2)7-9-5-4-6-11(14)12(9)13-10/h4-6,8,10,13-14H,3,7H2,1-2H3/t8-,10-/m1/s1. The lowest BCUT2D eigenvalue weighted by Gasteiger charge is -2.32. The van der Waals surface area contributed by atoms with E-state index >= 15 is 0 Å². The molecule has 0 aromatic heterocycles. The van der Waals surface area contributed by atoms with Crippen LogP contribution < -0.4 is 5.32 Å². The first-order valence-electron chi connectivity index (χ1n) is 5.29. The minimum Gasteiger partial charge on any atom is -0.506 e. The number of rotatable bonds is 1. The smallest absolute Gasteiger partial charge is 0.138 e. The minimum atomic E-state index is 0.382. The Morgan fingerprint density at radius 1 is 1.50 bits per heavy atom. The van der Waals surface area contributed by atoms with Gasteiger partial charge in [-0.1, -0.05) is 26.0 Å². The molecule has 0 radical (unpaired) electrons. The number of benzene rings is 1. The minimum absolute atomic E-state index is 0.382. The van der Waals surface area contributed by atoms with E-state index in [1.165, 1.54) is 5.56 Å². The average molecular weight is 191 g/mol. The summed E-state index contributed by atoms with van der Waals surface area (Å²) in [4.78, 5) is 0. The molecule has 14 heavy (non-hydrogen) atoms. The molecule has 0 amide bonds. The molecule has 1 aliphatic rings. The van der Waals surface area contributed by atoms with Crippen LogP contribution >= 0.6 is 0 Å². The van der Waals surface area contributed by atoms with Crippen LogP contribution in [0.1, 0.15) is 25.8 Å². The van der Waals surface area contributed by atoms with Crippen molar-refractivity contribution < 1.29 is 5.11 Å². The summed E-state index contributed by atoms with van der Waals surface area (Å²) in [6, 6.07) is 6.24. The van der Waals surface area contributed by atoms with Gasteiger partial charge in [0.1, 0.15) is 5.75 Å². The summed E-state index contributed by atoms with van der Waals surface area (Å²) in [6.45, 7) is 4.44. The largest absolute Gasteiger partial charge is 0.506 e. The van der Waals surface area contributed by atoms with E-state index < -0.39 is 0 Å². The zero-order chi connectivity index (χ0) is 10.1. The van der Waals surface area contributed by atoms with E-state index in [2.05, 4.69) is 25.2 Å². The van der Waals surface area contributed by atoms with Gasteiger partial charge in [0.15, 0.2) is 0 Å². The molecule has 0 saturated carbocycles. The molecule has 0 saturated heterocycles. The Bertz CT molecular complexity index is 335. The van der Waals surface area contributed by atoms with Crippen LogP contribution in [0.5, 0.6) is 5.75 Å². The molecule has 0 aliphatic carbocycles. The zero-order valence-corrected chi connectivity index (χ0v) is 8.75. The molecule has 2 N–H and O–H groups in total. The number of anilines is 1. The monoisotopic (exact) mass is 191 g/mol. The Morgan fingerprint density at radius 2 is 2.29 bits per heavy atom. The molecule has 1 aromatic carbocycles. The van der Waals surface area contributed by atoms with Gasteiger partial charge in [0.2, 0.25) is 0 Å². The Balaban J connectivity index is 2.36. The summed E-state index contributed by atoms with van der Waals surface area (Å²) in [5.74, 6) is 1.03. The molecule has 2 heteroatoms. The number of phenols is 1. The average Bonchev–Trinajstić information content (AvgIpc) is 2.17. The predicted octanol–water partition coefficient (Wildman–Crippen LogP) is 2.77. The van der Waals surface area contributed by atoms with Gasteiger partial charge < -0.3 is 10.4 Å². The highest BCUT2D eigenvalue weighted by molar-refractivity contribution is 5.63. The normalized spacial score (nSPS) is 25.3. The molecule has 2 rings (SSSR count). The molecule has 0 fully saturated rings. The summed E-state index contributed by atoms with van der Waals surface area (Å²) in [7, 11) is 0. The first-order valence-corrected chi connectivity index (χ1v) is 5.29. The van der Waals surface area contributed by atoms with E-state index in [9.17, 15) is 5.11 Å². The Kier molecular flexibility index (Phi) is 2.36. The van der Waals surface area contributed by atoms with E-state index in [1.807, 2.05) is 6.07 Å². The highest BCUT2D eigenvalue weighted by Crippen LogP contribution is 2.35. The Labute approximate surface area is 85.0 Å². The number of para-hydroxylation sites is 1. The first kappa shape index (κ1) is 9.38. The van der Waals surface area contributed by atoms with Gasteiger partial charge in [0.05, 0.1) is 5.69 Å². The van der Waals surface area contributed by atoms with Crippen molar-refractivity contribution in [2.45, 2.75) is 32.7 Å². The highest BCUT2D eigenvalue weighted by Gasteiger charge is 2.24. The van der Waals surface area contributed by atoms with Gasteiger partial charge in [0, 0.05) is 6.04 Å². The van der Waals surface area contributed by atoms with Crippen LogP contribution in [0.4, 0.5) is 5.69 Å². The molecule has 1 aliphatic heterocycles. The third-order valence-corrected chi connectivity index (χ3v) is 3.13. The number of hydrogen-bond donors (Lipinski definition) is 2. The lowest BCUT2D eigenvalue weighted by atomic mass is 9.87. The highest BCUT2D eigenvalue weighted by atomic mass is 16.3. The van der Waals surface area contributed by atoms with Crippen LogP contribution in [0.2, 0.25) is 0 Å². The van der Waals surface area contributed by atoms with Crippen molar-refractivity contribution in [1.82, 2.24) is 0 Å². The molecule has 0 unspecified atom stereocenters. The molecule has 1 heterocycles. The fourth-order valence-corrected chi connectivity index (χ4v) is 2.24. The van der Waals surface area contributed by atoms with Gasteiger partial charge in [-0.05, 0) is 30.4 Å². The quantitative estimate of drug-likeness (QED) is 0.669. The molecular formula is C12H17NO. The molecule has 2 atom stereocenters. The second kappa shape index (κ2) is 3.52. The summed E-state index contributed by atoms with van der Waals surface area (Å²) < 4.78 is 0. The topological polar surface area (TPSA) is 32.3 Å². The van der Waals surface area contributed by atoms with Crippen molar-refractivity contribution in [3.05, 3.63) is 23.8 Å². The van der Waals surface area contributed by atoms with E-state index in [-0.39, 0.29) is 0 Å². The molecular weight excluding hydrogens is 174 g/mol. The number of phenolic OH excluding ortho intramolecular Hbond substituents is 1. The van der Waals surface area contributed by atoms with Crippen LogP contribution in [0.25, 0.3) is 0 Å². The van der Waals surface area contributed by atoms with Crippen LogP contribution in [0.15, 0.2) is 18.2 Å². The van der Waals surface area contributed by atoms with Crippen LogP contribution in [-0.2, 0) is 6.42 Å². The maximum absolute atomic E-state index is 9.69. The van der Waals surface area contributed by atoms with Gasteiger partial charge in [-0.15, -0.1) is 0 Å². The molecule has 76 valence electrons. The van der Waals surface area contributed by atoms with Gasteiger partial charge in [0.25, 0.3) is 0 Å². The zero-order valence-electron chi connectivity index (χ0n) is 8.75. The van der Waals surface area contributed by atoms with E-state index in [1.54, 1.807) is 6.07 Å². The molecule has 0 spiro atoms. The van der Waals surface area contributed by atoms with Crippen molar-refractivity contribution in [3.8, 4) is 5.75 Å². The second-order valence-electron chi connectivity index (χ2n) is 4.15. The summed E-state index contributed by atoms with van der Waals surface area (Å²) in [5.41, 5.74) is 2.18. The maximum Gasteiger partial charge on any atom is 0.138 e. The molecule has 2 nitrogen and oxygen atoms in total. The van der Waals surface area contributed by atoms with Gasteiger partial charge in [-0.2, -0.15) is 0 Å². The van der Waals surface area contributed by atoms with Crippen molar-refractivity contribution in [1.29, 1.82) is 0 Å². The van der Waals surface area contributed by atoms with E-state index in [0.717, 1.165) is 18.5 Å². The Hall–Kier alpha value is -1.18.